The first-order chi connectivity index (χ1) is 6.27. The molecule has 0 unspecified atom stereocenters. The molecule has 1 rings (SSSR count). The van der Waals surface area contributed by atoms with E-state index in [2.05, 4.69) is 27.7 Å². The Balaban J connectivity index is 2.98. The van der Waals surface area contributed by atoms with Crippen molar-refractivity contribution in [2.24, 2.45) is 5.16 Å². The molecule has 1 N–H and O–H groups in total. The van der Waals surface area contributed by atoms with Gasteiger partial charge in [0.25, 0.3) is 0 Å². The minimum absolute atomic E-state index is 0.562. The average molecular weight is 240 g/mol. The van der Waals surface area contributed by atoms with Crippen LogP contribution >= 0.6 is 15.9 Å². The van der Waals surface area contributed by atoms with Crippen LogP contribution in [0.15, 0.2) is 46.5 Å². The summed E-state index contributed by atoms with van der Waals surface area (Å²) in [5, 5.41) is 11.9. The highest BCUT2D eigenvalue weighted by molar-refractivity contribution is 9.10. The predicted octanol–water partition coefficient (Wildman–Crippen LogP) is 3.20. The zero-order chi connectivity index (χ0) is 9.68. The van der Waals surface area contributed by atoms with Crippen LogP contribution in [0.1, 0.15) is 12.0 Å². The van der Waals surface area contributed by atoms with Gasteiger partial charge in [-0.3, -0.25) is 0 Å². The molecule has 0 atom stereocenters. The molecule has 0 aromatic heterocycles. The van der Waals surface area contributed by atoms with E-state index < -0.39 is 0 Å². The summed E-state index contributed by atoms with van der Waals surface area (Å²) in [5.41, 5.74) is 1.52. The van der Waals surface area contributed by atoms with Crippen molar-refractivity contribution < 1.29 is 5.21 Å². The third-order valence-corrected chi connectivity index (χ3v) is 2.11. The van der Waals surface area contributed by atoms with E-state index in [1.165, 1.54) is 0 Å². The van der Waals surface area contributed by atoms with Crippen LogP contribution in [0.4, 0.5) is 0 Å². The van der Waals surface area contributed by atoms with Gasteiger partial charge in [-0.25, -0.2) is 0 Å². The molecule has 1 aromatic carbocycles. The first kappa shape index (κ1) is 9.99. The lowest BCUT2D eigenvalue weighted by atomic mass is 10.1. The maximum atomic E-state index is 8.73. The molecule has 1 aromatic rings. The molecule has 13 heavy (non-hydrogen) atoms. The van der Waals surface area contributed by atoms with Gasteiger partial charge < -0.3 is 5.21 Å². The van der Waals surface area contributed by atoms with Crippen molar-refractivity contribution in [1.82, 2.24) is 0 Å². The predicted molar refractivity (Wildman–Crippen MR) is 57.3 cm³/mol. The van der Waals surface area contributed by atoms with Crippen molar-refractivity contribution in [3.8, 4) is 0 Å². The Morgan fingerprint density at radius 2 is 2.38 bits per heavy atom. The highest BCUT2D eigenvalue weighted by atomic mass is 79.9. The van der Waals surface area contributed by atoms with Gasteiger partial charge in [-0.2, -0.15) is 0 Å². The molecule has 0 saturated carbocycles. The third-order valence-electron chi connectivity index (χ3n) is 1.62. The fourth-order valence-electron chi connectivity index (χ4n) is 1.02. The van der Waals surface area contributed by atoms with Crippen LogP contribution in [0.2, 0.25) is 0 Å². The van der Waals surface area contributed by atoms with Crippen LogP contribution < -0.4 is 0 Å². The Morgan fingerprint density at radius 3 is 2.92 bits per heavy atom. The molecule has 0 heterocycles. The van der Waals surface area contributed by atoms with E-state index in [9.17, 15) is 0 Å². The Hall–Kier alpha value is -1.09. The Labute approximate surface area is 85.7 Å². The van der Waals surface area contributed by atoms with Crippen LogP contribution in [0.5, 0.6) is 0 Å². The van der Waals surface area contributed by atoms with Gasteiger partial charge in [0.1, 0.15) is 0 Å². The first-order valence-corrected chi connectivity index (χ1v) is 4.65. The second-order valence-corrected chi connectivity index (χ2v) is 3.47. The highest BCUT2D eigenvalue weighted by Crippen LogP contribution is 2.13. The van der Waals surface area contributed by atoms with E-state index >= 15 is 0 Å². The minimum Gasteiger partial charge on any atom is -0.411 e. The molecule has 0 aliphatic rings. The summed E-state index contributed by atoms with van der Waals surface area (Å²) in [6.07, 6.45) is 2.27. The lowest BCUT2D eigenvalue weighted by Gasteiger charge is -2.01. The molecule has 0 amide bonds. The molecule has 0 saturated heterocycles. The van der Waals surface area contributed by atoms with Crippen LogP contribution in [0, 0.1) is 0 Å². The molecular weight excluding hydrogens is 230 g/mol. The molecular formula is C10H10BrNO. The van der Waals surface area contributed by atoms with Crippen molar-refractivity contribution in [3.63, 3.8) is 0 Å². The van der Waals surface area contributed by atoms with Crippen LogP contribution in [0.3, 0.4) is 0 Å². The van der Waals surface area contributed by atoms with Gasteiger partial charge in [0.2, 0.25) is 0 Å². The number of hydrogen-bond acceptors (Lipinski definition) is 2. The van der Waals surface area contributed by atoms with E-state index in [0.717, 1.165) is 10.0 Å². The van der Waals surface area contributed by atoms with Gasteiger partial charge in [-0.05, 0) is 12.1 Å². The van der Waals surface area contributed by atoms with Crippen LogP contribution in [0.25, 0.3) is 0 Å². The molecule has 68 valence electrons. The monoisotopic (exact) mass is 239 g/mol. The van der Waals surface area contributed by atoms with Crippen molar-refractivity contribution in [2.75, 3.05) is 0 Å². The summed E-state index contributed by atoms with van der Waals surface area (Å²) in [4.78, 5) is 0. The van der Waals surface area contributed by atoms with Crippen molar-refractivity contribution in [1.29, 1.82) is 0 Å². The lowest BCUT2D eigenvalue weighted by Crippen LogP contribution is -1.98. The van der Waals surface area contributed by atoms with Crippen molar-refractivity contribution >= 4 is 21.6 Å². The summed E-state index contributed by atoms with van der Waals surface area (Å²) < 4.78 is 0.968. The largest absolute Gasteiger partial charge is 0.411 e. The SMILES string of the molecule is C=CCC(=NO)c1cccc(Br)c1. The molecule has 0 fully saturated rings. The Bertz CT molecular complexity index is 333. The van der Waals surface area contributed by atoms with Crippen molar-refractivity contribution in [3.05, 3.63) is 47.0 Å². The second-order valence-electron chi connectivity index (χ2n) is 2.55. The fourth-order valence-corrected chi connectivity index (χ4v) is 1.42. The molecule has 2 nitrogen and oxygen atoms in total. The number of halogens is 1. The van der Waals surface area contributed by atoms with E-state index in [-0.39, 0.29) is 0 Å². The fraction of sp³-hybridized carbons (Fsp3) is 0.100. The molecule has 0 radical (unpaired) electrons. The maximum absolute atomic E-state index is 8.73. The number of allylic oxidation sites excluding steroid dienone is 1. The Kier molecular flexibility index (Phi) is 3.71. The summed E-state index contributed by atoms with van der Waals surface area (Å²) in [5.74, 6) is 0. The second kappa shape index (κ2) is 4.82. The zero-order valence-corrected chi connectivity index (χ0v) is 8.66. The molecule has 0 aliphatic heterocycles. The zero-order valence-electron chi connectivity index (χ0n) is 7.07. The topological polar surface area (TPSA) is 32.6 Å². The Morgan fingerprint density at radius 1 is 1.62 bits per heavy atom. The highest BCUT2D eigenvalue weighted by Gasteiger charge is 2.01. The van der Waals surface area contributed by atoms with Gasteiger partial charge in [0.15, 0.2) is 0 Å². The molecule has 0 aliphatic carbocycles. The summed E-state index contributed by atoms with van der Waals surface area (Å²) in [7, 11) is 0. The third kappa shape index (κ3) is 2.70. The van der Waals surface area contributed by atoms with Crippen molar-refractivity contribution in [2.45, 2.75) is 6.42 Å². The van der Waals surface area contributed by atoms with Gasteiger partial charge in [-0.1, -0.05) is 39.3 Å². The van der Waals surface area contributed by atoms with E-state index in [1.54, 1.807) is 6.08 Å². The number of benzene rings is 1. The first-order valence-electron chi connectivity index (χ1n) is 3.85. The molecule has 3 heteroatoms. The van der Waals surface area contributed by atoms with Gasteiger partial charge in [-0.15, -0.1) is 6.58 Å². The summed E-state index contributed by atoms with van der Waals surface area (Å²) in [6, 6.07) is 7.61. The number of oxime groups is 1. The number of rotatable bonds is 3. The maximum Gasteiger partial charge on any atom is 0.0905 e. The van der Waals surface area contributed by atoms with Gasteiger partial charge in [0, 0.05) is 16.5 Å². The normalized spacial score (nSPS) is 11.3. The van der Waals surface area contributed by atoms with E-state index in [1.807, 2.05) is 24.3 Å². The molecule has 0 spiro atoms. The number of nitrogens with zero attached hydrogens (tertiary/aromatic N) is 1. The van der Waals surface area contributed by atoms with Crippen LogP contribution in [-0.2, 0) is 0 Å². The van der Waals surface area contributed by atoms with Crippen LogP contribution in [-0.4, -0.2) is 10.9 Å². The lowest BCUT2D eigenvalue weighted by molar-refractivity contribution is 0.318. The summed E-state index contributed by atoms with van der Waals surface area (Å²) >= 11 is 3.35. The van der Waals surface area contributed by atoms with E-state index in [4.69, 9.17) is 5.21 Å². The van der Waals surface area contributed by atoms with Gasteiger partial charge >= 0.3 is 0 Å². The minimum atomic E-state index is 0.562. The number of hydrogen-bond donors (Lipinski definition) is 1. The quantitative estimate of drug-likeness (QED) is 0.374. The average Bonchev–Trinajstić information content (AvgIpc) is 2.14. The molecule has 0 bridgehead atoms. The van der Waals surface area contributed by atoms with Gasteiger partial charge in [0.05, 0.1) is 5.71 Å². The standard InChI is InChI=1S/C10H10BrNO/c1-2-4-10(12-13)8-5-3-6-9(11)7-8/h2-3,5-7,13H,1,4H2. The smallest absolute Gasteiger partial charge is 0.0905 e. The van der Waals surface area contributed by atoms with E-state index in [0.29, 0.717) is 12.1 Å². The summed E-state index contributed by atoms with van der Waals surface area (Å²) in [6.45, 7) is 3.59.